The Morgan fingerprint density at radius 3 is 2.76 bits per heavy atom. The van der Waals surface area contributed by atoms with Crippen LogP contribution in [0.4, 0.5) is 4.39 Å². The summed E-state index contributed by atoms with van der Waals surface area (Å²) in [7, 11) is 1.70. The van der Waals surface area contributed by atoms with Crippen LogP contribution in [0.25, 0.3) is 0 Å². The Bertz CT molecular complexity index is 462. The third kappa shape index (κ3) is 2.43. The Labute approximate surface area is 98.6 Å². The average Bonchev–Trinajstić information content (AvgIpc) is 2.32. The van der Waals surface area contributed by atoms with Crippen molar-refractivity contribution in [2.45, 2.75) is 0 Å². The van der Waals surface area contributed by atoms with Crippen molar-refractivity contribution >= 4 is 11.8 Å². The van der Waals surface area contributed by atoms with E-state index in [0.717, 1.165) is 0 Å². The zero-order valence-electron chi connectivity index (χ0n) is 9.52. The molecule has 2 amide bonds. The number of amides is 2. The molecule has 1 aromatic rings. The van der Waals surface area contributed by atoms with Crippen LogP contribution in [0.3, 0.4) is 0 Å². The number of piperazine rings is 1. The molecular formula is C12H13FN2O2. The number of likely N-dealkylation sites (N-methyl/N-ethyl adjacent to an activating group) is 1. The Balaban J connectivity index is 2.13. The smallest absolute Gasteiger partial charge is 0.254 e. The van der Waals surface area contributed by atoms with Gasteiger partial charge in [-0.2, -0.15) is 0 Å². The minimum Gasteiger partial charge on any atom is -0.342 e. The molecule has 1 aliphatic heterocycles. The van der Waals surface area contributed by atoms with Crippen molar-refractivity contribution in [1.29, 1.82) is 0 Å². The third-order valence-corrected chi connectivity index (χ3v) is 2.82. The molecule has 5 heteroatoms. The van der Waals surface area contributed by atoms with Gasteiger partial charge in [-0.25, -0.2) is 4.39 Å². The standard InChI is InChI=1S/C12H13FN2O2/c1-14-5-6-15(8-11(14)16)12(17)9-3-2-4-10(13)7-9/h2-4,7H,5-6,8H2,1H3. The minimum atomic E-state index is -0.448. The van der Waals surface area contributed by atoms with Crippen molar-refractivity contribution in [2.24, 2.45) is 0 Å². The molecule has 1 aliphatic rings. The summed E-state index contributed by atoms with van der Waals surface area (Å²) in [6, 6.07) is 5.51. The molecule has 1 heterocycles. The highest BCUT2D eigenvalue weighted by Crippen LogP contribution is 2.10. The lowest BCUT2D eigenvalue weighted by atomic mass is 10.2. The molecule has 0 radical (unpaired) electrons. The summed E-state index contributed by atoms with van der Waals surface area (Å²) in [4.78, 5) is 26.5. The van der Waals surface area contributed by atoms with Crippen molar-refractivity contribution in [3.63, 3.8) is 0 Å². The predicted molar refractivity (Wildman–Crippen MR) is 59.9 cm³/mol. The summed E-state index contributed by atoms with van der Waals surface area (Å²) in [5.41, 5.74) is 0.280. The van der Waals surface area contributed by atoms with Gasteiger partial charge in [0, 0.05) is 25.7 Å². The molecule has 90 valence electrons. The van der Waals surface area contributed by atoms with E-state index in [-0.39, 0.29) is 23.9 Å². The molecule has 0 saturated carbocycles. The van der Waals surface area contributed by atoms with Gasteiger partial charge < -0.3 is 9.80 Å². The molecule has 2 rings (SSSR count). The van der Waals surface area contributed by atoms with E-state index in [1.165, 1.54) is 23.1 Å². The minimum absolute atomic E-state index is 0.0614. The fourth-order valence-electron chi connectivity index (χ4n) is 1.74. The maximum Gasteiger partial charge on any atom is 0.254 e. The number of hydrogen-bond acceptors (Lipinski definition) is 2. The Kier molecular flexibility index (Phi) is 3.08. The van der Waals surface area contributed by atoms with E-state index in [9.17, 15) is 14.0 Å². The van der Waals surface area contributed by atoms with E-state index < -0.39 is 5.82 Å². The first kappa shape index (κ1) is 11.6. The van der Waals surface area contributed by atoms with E-state index in [0.29, 0.717) is 13.1 Å². The molecule has 0 aromatic heterocycles. The molecule has 4 nitrogen and oxygen atoms in total. The van der Waals surface area contributed by atoms with E-state index in [1.807, 2.05) is 0 Å². The van der Waals surface area contributed by atoms with Gasteiger partial charge in [-0.1, -0.05) is 6.07 Å². The summed E-state index contributed by atoms with van der Waals surface area (Å²) in [5.74, 6) is -0.844. The Morgan fingerprint density at radius 1 is 1.35 bits per heavy atom. The monoisotopic (exact) mass is 236 g/mol. The maximum atomic E-state index is 13.0. The normalized spacial score (nSPS) is 16.2. The van der Waals surface area contributed by atoms with E-state index in [1.54, 1.807) is 18.0 Å². The number of hydrogen-bond donors (Lipinski definition) is 0. The highest BCUT2D eigenvalue weighted by Gasteiger charge is 2.25. The van der Waals surface area contributed by atoms with Gasteiger partial charge in [-0.15, -0.1) is 0 Å². The Hall–Kier alpha value is -1.91. The van der Waals surface area contributed by atoms with Gasteiger partial charge in [0.1, 0.15) is 12.4 Å². The zero-order valence-corrected chi connectivity index (χ0v) is 9.52. The van der Waals surface area contributed by atoms with Crippen LogP contribution in [-0.2, 0) is 4.79 Å². The van der Waals surface area contributed by atoms with Crippen molar-refractivity contribution < 1.29 is 14.0 Å². The highest BCUT2D eigenvalue weighted by atomic mass is 19.1. The second kappa shape index (κ2) is 4.53. The van der Waals surface area contributed by atoms with Gasteiger partial charge >= 0.3 is 0 Å². The van der Waals surface area contributed by atoms with Crippen molar-refractivity contribution in [2.75, 3.05) is 26.7 Å². The van der Waals surface area contributed by atoms with Gasteiger partial charge in [-0.05, 0) is 18.2 Å². The second-order valence-corrected chi connectivity index (χ2v) is 4.05. The number of carbonyl (C=O) groups is 2. The van der Waals surface area contributed by atoms with Crippen LogP contribution in [0.1, 0.15) is 10.4 Å². The Morgan fingerprint density at radius 2 is 2.12 bits per heavy atom. The first-order valence-electron chi connectivity index (χ1n) is 5.37. The quantitative estimate of drug-likeness (QED) is 0.721. The number of carbonyl (C=O) groups excluding carboxylic acids is 2. The topological polar surface area (TPSA) is 40.6 Å². The van der Waals surface area contributed by atoms with Crippen molar-refractivity contribution in [3.8, 4) is 0 Å². The molecule has 0 atom stereocenters. The number of rotatable bonds is 1. The second-order valence-electron chi connectivity index (χ2n) is 4.05. The van der Waals surface area contributed by atoms with Crippen LogP contribution in [0.2, 0.25) is 0 Å². The lowest BCUT2D eigenvalue weighted by molar-refractivity contribution is -0.133. The van der Waals surface area contributed by atoms with Crippen LogP contribution in [0.15, 0.2) is 24.3 Å². The zero-order chi connectivity index (χ0) is 12.4. The number of halogens is 1. The van der Waals surface area contributed by atoms with E-state index >= 15 is 0 Å². The van der Waals surface area contributed by atoms with Crippen LogP contribution >= 0.6 is 0 Å². The van der Waals surface area contributed by atoms with Crippen LogP contribution in [0, 0.1) is 5.82 Å². The van der Waals surface area contributed by atoms with Crippen molar-refractivity contribution in [1.82, 2.24) is 9.80 Å². The van der Waals surface area contributed by atoms with Gasteiger partial charge in [0.15, 0.2) is 0 Å². The lowest BCUT2D eigenvalue weighted by Crippen LogP contribution is -2.50. The van der Waals surface area contributed by atoms with Crippen molar-refractivity contribution in [3.05, 3.63) is 35.6 Å². The maximum absolute atomic E-state index is 13.0. The molecule has 1 aromatic carbocycles. The summed E-state index contributed by atoms with van der Waals surface area (Å²) >= 11 is 0. The first-order chi connectivity index (χ1) is 8.08. The average molecular weight is 236 g/mol. The predicted octanol–water partition coefficient (Wildman–Crippen LogP) is 0.740. The fraction of sp³-hybridized carbons (Fsp3) is 0.333. The van der Waals surface area contributed by atoms with Gasteiger partial charge in [0.25, 0.3) is 5.91 Å². The van der Waals surface area contributed by atoms with Gasteiger partial charge in [-0.3, -0.25) is 9.59 Å². The SMILES string of the molecule is CN1CCN(C(=O)c2cccc(F)c2)CC1=O. The van der Waals surface area contributed by atoms with E-state index in [4.69, 9.17) is 0 Å². The number of benzene rings is 1. The summed E-state index contributed by atoms with van der Waals surface area (Å²) < 4.78 is 13.0. The van der Waals surface area contributed by atoms with Crippen LogP contribution < -0.4 is 0 Å². The van der Waals surface area contributed by atoms with Gasteiger partial charge in [0.2, 0.25) is 5.91 Å². The molecule has 0 unspecified atom stereocenters. The molecule has 0 bridgehead atoms. The van der Waals surface area contributed by atoms with Crippen LogP contribution in [-0.4, -0.2) is 48.3 Å². The number of nitrogens with zero attached hydrogens (tertiary/aromatic N) is 2. The largest absolute Gasteiger partial charge is 0.342 e. The fourth-order valence-corrected chi connectivity index (χ4v) is 1.74. The first-order valence-corrected chi connectivity index (χ1v) is 5.37. The molecule has 17 heavy (non-hydrogen) atoms. The van der Waals surface area contributed by atoms with E-state index in [2.05, 4.69) is 0 Å². The molecule has 1 fully saturated rings. The lowest BCUT2D eigenvalue weighted by Gasteiger charge is -2.32. The van der Waals surface area contributed by atoms with Crippen LogP contribution in [0.5, 0.6) is 0 Å². The third-order valence-electron chi connectivity index (χ3n) is 2.82. The summed E-state index contributed by atoms with van der Waals surface area (Å²) in [6.45, 7) is 1.06. The summed E-state index contributed by atoms with van der Waals surface area (Å²) in [6.07, 6.45) is 0. The van der Waals surface area contributed by atoms with Gasteiger partial charge in [0.05, 0.1) is 0 Å². The summed E-state index contributed by atoms with van der Waals surface area (Å²) in [5, 5.41) is 0. The molecular weight excluding hydrogens is 223 g/mol. The molecule has 0 N–H and O–H groups in total. The molecule has 1 saturated heterocycles. The highest BCUT2D eigenvalue weighted by molar-refractivity contribution is 5.97. The molecule has 0 aliphatic carbocycles. The molecule has 0 spiro atoms.